The first-order valence-corrected chi connectivity index (χ1v) is 13.4. The Labute approximate surface area is 238 Å². The van der Waals surface area contributed by atoms with Gasteiger partial charge in [0.05, 0.1) is 11.6 Å². The number of nitrogens with two attached hydrogens (primary N) is 1. The van der Waals surface area contributed by atoms with E-state index in [1.807, 2.05) is 18.2 Å². The van der Waals surface area contributed by atoms with E-state index >= 15 is 0 Å². The lowest BCUT2D eigenvalue weighted by molar-refractivity contribution is 0.0695. The first kappa shape index (κ1) is 26.8. The summed E-state index contributed by atoms with van der Waals surface area (Å²) < 4.78 is 0. The zero-order valence-corrected chi connectivity index (χ0v) is 22.6. The van der Waals surface area contributed by atoms with Gasteiger partial charge in [-0.15, -0.1) is 0 Å². The van der Waals surface area contributed by atoms with Crippen LogP contribution in [0.5, 0.6) is 0 Å². The number of nitrogen functional groups attached to an aromatic ring is 1. The molecule has 12 heteroatoms. The SMILES string of the molecule is Cc1c(C(=O)O)ccc2c1CC[C@@H]2NC(=O)c1cc(C(=O)NCc2ccc3c(c2)N(c2c(N)c(=O)c2=O)CC3)ncn1. The number of anilines is 3. The van der Waals surface area contributed by atoms with Gasteiger partial charge >= 0.3 is 5.97 Å². The minimum Gasteiger partial charge on any atom is -0.478 e. The Morgan fingerprint density at radius 3 is 2.52 bits per heavy atom. The van der Waals surface area contributed by atoms with Crippen LogP contribution < -0.4 is 32.1 Å². The summed E-state index contributed by atoms with van der Waals surface area (Å²) in [4.78, 5) is 70.9. The highest BCUT2D eigenvalue weighted by Crippen LogP contribution is 2.36. The quantitative estimate of drug-likeness (QED) is 0.240. The highest BCUT2D eigenvalue weighted by Gasteiger charge is 2.30. The fraction of sp³-hybridized carbons (Fsp3) is 0.233. The number of rotatable bonds is 7. The monoisotopic (exact) mass is 566 g/mol. The predicted octanol–water partition coefficient (Wildman–Crippen LogP) is 1.70. The van der Waals surface area contributed by atoms with Gasteiger partial charge in [-0.25, -0.2) is 14.8 Å². The summed E-state index contributed by atoms with van der Waals surface area (Å²) >= 11 is 0. The minimum absolute atomic E-state index is 0.0169. The molecule has 212 valence electrons. The van der Waals surface area contributed by atoms with Gasteiger partial charge in [-0.1, -0.05) is 18.2 Å². The lowest BCUT2D eigenvalue weighted by Gasteiger charge is -2.22. The number of carbonyl (C=O) groups is 3. The average Bonchev–Trinajstić information content (AvgIpc) is 3.60. The second-order valence-electron chi connectivity index (χ2n) is 10.4. The number of hydrogen-bond acceptors (Lipinski definition) is 9. The molecule has 5 N–H and O–H groups in total. The lowest BCUT2D eigenvalue weighted by atomic mass is 9.98. The second kappa shape index (κ2) is 10.2. The van der Waals surface area contributed by atoms with Gasteiger partial charge in [-0.2, -0.15) is 0 Å². The van der Waals surface area contributed by atoms with E-state index in [9.17, 15) is 29.1 Å². The minimum atomic E-state index is -0.988. The number of amides is 2. The summed E-state index contributed by atoms with van der Waals surface area (Å²) in [5.41, 5.74) is 10.0. The van der Waals surface area contributed by atoms with Crippen molar-refractivity contribution in [2.24, 2.45) is 0 Å². The molecule has 1 aromatic heterocycles. The van der Waals surface area contributed by atoms with E-state index in [2.05, 4.69) is 20.6 Å². The maximum atomic E-state index is 13.0. The highest BCUT2D eigenvalue weighted by atomic mass is 16.4. The molecule has 0 saturated carbocycles. The fourth-order valence-electron chi connectivity index (χ4n) is 5.80. The van der Waals surface area contributed by atoms with Crippen LogP contribution in [-0.2, 0) is 19.4 Å². The predicted molar refractivity (Wildman–Crippen MR) is 153 cm³/mol. The number of aromatic nitrogens is 2. The van der Waals surface area contributed by atoms with E-state index in [1.165, 1.54) is 6.07 Å². The summed E-state index contributed by atoms with van der Waals surface area (Å²) in [6.45, 7) is 2.45. The Bertz CT molecular complexity index is 1880. The van der Waals surface area contributed by atoms with Crippen molar-refractivity contribution < 1.29 is 19.5 Å². The van der Waals surface area contributed by atoms with Crippen molar-refractivity contribution in [1.82, 2.24) is 20.6 Å². The first-order chi connectivity index (χ1) is 20.1. The van der Waals surface area contributed by atoms with Crippen molar-refractivity contribution in [2.45, 2.75) is 38.8 Å². The van der Waals surface area contributed by atoms with E-state index in [0.717, 1.165) is 34.3 Å². The van der Waals surface area contributed by atoms with Gasteiger partial charge in [0.25, 0.3) is 22.7 Å². The summed E-state index contributed by atoms with van der Waals surface area (Å²) in [5, 5.41) is 15.1. The molecule has 1 aliphatic carbocycles. The molecule has 4 aromatic rings. The van der Waals surface area contributed by atoms with Crippen LogP contribution in [0, 0.1) is 6.92 Å². The van der Waals surface area contributed by atoms with E-state index in [-0.39, 0.29) is 40.9 Å². The Balaban J connectivity index is 1.12. The molecule has 6 rings (SSSR count). The number of carboxylic acids is 1. The third-order valence-corrected chi connectivity index (χ3v) is 8.05. The van der Waals surface area contributed by atoms with Crippen LogP contribution in [0.25, 0.3) is 0 Å². The molecule has 0 radical (unpaired) electrons. The third-order valence-electron chi connectivity index (χ3n) is 8.05. The Hall–Kier alpha value is -5.39. The van der Waals surface area contributed by atoms with Gasteiger partial charge in [-0.05, 0) is 66.1 Å². The van der Waals surface area contributed by atoms with Crippen LogP contribution in [0.3, 0.4) is 0 Å². The molecule has 1 aliphatic heterocycles. The van der Waals surface area contributed by atoms with Gasteiger partial charge in [-0.3, -0.25) is 19.2 Å². The highest BCUT2D eigenvalue weighted by molar-refractivity contribution is 5.97. The number of aromatic carboxylic acids is 1. The van der Waals surface area contributed by atoms with Crippen molar-refractivity contribution in [3.8, 4) is 0 Å². The van der Waals surface area contributed by atoms with Crippen LogP contribution in [-0.4, -0.2) is 39.4 Å². The maximum absolute atomic E-state index is 13.0. The van der Waals surface area contributed by atoms with Crippen LogP contribution in [0.1, 0.15) is 71.6 Å². The number of benzene rings is 2. The second-order valence-corrected chi connectivity index (χ2v) is 10.4. The standard InChI is InChI=1S/C30H26N6O6/c1-14-17-6-7-20(19(17)5-4-18(14)30(41)42)35-29(40)22-11-21(33-13-34-22)28(39)32-12-15-2-3-16-8-9-36(23(16)10-15)25-24(31)26(37)27(25)38/h2-5,10-11,13,20H,6-9,12,31H2,1H3,(H,32,39)(H,35,40)(H,41,42)/t20-/m0/s1. The smallest absolute Gasteiger partial charge is 0.335 e. The van der Waals surface area contributed by atoms with Crippen molar-refractivity contribution in [3.63, 3.8) is 0 Å². The number of hydrogen-bond donors (Lipinski definition) is 4. The van der Waals surface area contributed by atoms with E-state index < -0.39 is 28.6 Å². The molecule has 0 saturated heterocycles. The number of carboxylic acid groups (broad SMARTS) is 1. The number of carbonyl (C=O) groups excluding carboxylic acids is 2. The molecule has 0 fully saturated rings. The van der Waals surface area contributed by atoms with Crippen LogP contribution in [0.4, 0.5) is 17.1 Å². The molecule has 0 spiro atoms. The zero-order valence-electron chi connectivity index (χ0n) is 22.6. The summed E-state index contributed by atoms with van der Waals surface area (Å²) in [7, 11) is 0. The molecule has 1 atom stereocenters. The van der Waals surface area contributed by atoms with Crippen molar-refractivity contribution in [2.75, 3.05) is 17.2 Å². The lowest BCUT2D eigenvalue weighted by Crippen LogP contribution is -2.40. The summed E-state index contributed by atoms with van der Waals surface area (Å²) in [6, 6.07) is 9.92. The molecular weight excluding hydrogens is 540 g/mol. The molecule has 42 heavy (non-hydrogen) atoms. The van der Waals surface area contributed by atoms with E-state index in [0.29, 0.717) is 31.4 Å². The van der Waals surface area contributed by atoms with Gasteiger partial charge in [0.2, 0.25) is 0 Å². The molecule has 2 aliphatic rings. The van der Waals surface area contributed by atoms with Crippen LogP contribution in [0.2, 0.25) is 0 Å². The van der Waals surface area contributed by atoms with Gasteiger partial charge in [0.1, 0.15) is 29.1 Å². The topological polar surface area (TPSA) is 185 Å². The number of fused-ring (bicyclic) bond motifs is 2. The molecule has 0 unspecified atom stereocenters. The average molecular weight is 567 g/mol. The van der Waals surface area contributed by atoms with Gasteiger partial charge < -0.3 is 26.4 Å². The Morgan fingerprint density at radius 2 is 1.79 bits per heavy atom. The number of nitrogens with one attached hydrogen (secondary N) is 2. The molecular formula is C30H26N6O6. The largest absolute Gasteiger partial charge is 0.478 e. The third kappa shape index (κ3) is 4.46. The molecule has 2 amide bonds. The van der Waals surface area contributed by atoms with Crippen molar-refractivity contribution >= 4 is 34.8 Å². The molecule has 0 bridgehead atoms. The maximum Gasteiger partial charge on any atom is 0.335 e. The van der Waals surface area contributed by atoms with E-state index in [1.54, 1.807) is 24.0 Å². The first-order valence-electron chi connectivity index (χ1n) is 13.4. The Morgan fingerprint density at radius 1 is 1.02 bits per heavy atom. The van der Waals surface area contributed by atoms with Crippen LogP contribution in [0.15, 0.2) is 52.3 Å². The molecule has 2 heterocycles. The van der Waals surface area contributed by atoms with Gasteiger partial charge in [0.15, 0.2) is 0 Å². The van der Waals surface area contributed by atoms with Gasteiger partial charge in [0, 0.05) is 24.8 Å². The summed E-state index contributed by atoms with van der Waals surface area (Å²) in [5.74, 6) is -1.96. The zero-order chi connectivity index (χ0) is 29.7. The molecule has 12 nitrogen and oxygen atoms in total. The normalized spacial score (nSPS) is 15.4. The number of nitrogens with zero attached hydrogens (tertiary/aromatic N) is 3. The van der Waals surface area contributed by atoms with Crippen LogP contribution >= 0.6 is 0 Å². The Kier molecular flexibility index (Phi) is 6.52. The molecule has 3 aromatic carbocycles. The van der Waals surface area contributed by atoms with E-state index in [4.69, 9.17) is 5.73 Å². The summed E-state index contributed by atoms with van der Waals surface area (Å²) in [6.07, 6.45) is 3.11. The van der Waals surface area contributed by atoms with Crippen molar-refractivity contribution in [3.05, 3.63) is 108 Å². The van der Waals surface area contributed by atoms with Crippen molar-refractivity contribution in [1.29, 1.82) is 0 Å². The fourth-order valence-corrected chi connectivity index (χ4v) is 5.80.